The minimum atomic E-state index is -0.258. The summed E-state index contributed by atoms with van der Waals surface area (Å²) in [4.78, 5) is 15.3. The van der Waals surface area contributed by atoms with Crippen molar-refractivity contribution >= 4 is 11.6 Å². The van der Waals surface area contributed by atoms with E-state index >= 15 is 0 Å². The number of pyridine rings is 1. The van der Waals surface area contributed by atoms with E-state index in [-0.39, 0.29) is 12.2 Å². The summed E-state index contributed by atoms with van der Waals surface area (Å²) in [5.41, 5.74) is 2.78. The van der Waals surface area contributed by atoms with Crippen LogP contribution in [0.1, 0.15) is 11.3 Å². The summed E-state index contributed by atoms with van der Waals surface area (Å²) in [7, 11) is 1.56. The number of nitrogens with one attached hydrogen (secondary N) is 1. The molecule has 7 heteroatoms. The number of nitrogens with zero attached hydrogens (tertiary/aromatic N) is 2. The zero-order chi connectivity index (χ0) is 17.8. The van der Waals surface area contributed by atoms with E-state index in [4.69, 9.17) is 21.1 Å². The Morgan fingerprint density at radius 3 is 2.76 bits per heavy atom. The van der Waals surface area contributed by atoms with Gasteiger partial charge in [-0.2, -0.15) is 5.10 Å². The number of aryl methyl sites for hydroxylation is 1. The third-order valence-electron chi connectivity index (χ3n) is 3.63. The molecular weight excluding hydrogens is 342 g/mol. The average Bonchev–Trinajstić information content (AvgIpc) is 2.63. The van der Waals surface area contributed by atoms with Gasteiger partial charge in [-0.25, -0.2) is 10.1 Å². The van der Waals surface area contributed by atoms with E-state index in [1.807, 2.05) is 31.2 Å². The summed E-state index contributed by atoms with van der Waals surface area (Å²) in [6.07, 6.45) is 1.66. The maximum absolute atomic E-state index is 11.1. The number of hydrogen-bond donors (Lipinski definition) is 1. The molecule has 0 radical (unpaired) electrons. The van der Waals surface area contributed by atoms with Crippen LogP contribution in [-0.4, -0.2) is 22.3 Å². The maximum Gasteiger partial charge on any atom is 0.264 e. The summed E-state index contributed by atoms with van der Waals surface area (Å²) in [6, 6.07) is 10.4. The predicted octanol–water partition coefficient (Wildman–Crippen LogP) is 3.38. The molecular formula is C18H16ClN3O3. The van der Waals surface area contributed by atoms with Crippen LogP contribution in [0.2, 0.25) is 5.02 Å². The van der Waals surface area contributed by atoms with E-state index in [1.54, 1.807) is 19.4 Å². The predicted molar refractivity (Wildman–Crippen MR) is 95.2 cm³/mol. The number of ether oxygens (including phenoxy) is 2. The molecule has 0 fully saturated rings. The van der Waals surface area contributed by atoms with E-state index in [2.05, 4.69) is 15.2 Å². The van der Waals surface area contributed by atoms with Crippen LogP contribution in [-0.2, 0) is 6.61 Å². The van der Waals surface area contributed by atoms with Crippen molar-refractivity contribution in [1.29, 1.82) is 0 Å². The van der Waals surface area contributed by atoms with Crippen LogP contribution < -0.4 is 15.0 Å². The Labute approximate surface area is 149 Å². The van der Waals surface area contributed by atoms with Crippen molar-refractivity contribution in [3.8, 4) is 22.8 Å². The molecule has 25 heavy (non-hydrogen) atoms. The molecule has 3 rings (SSSR count). The largest absolute Gasteiger partial charge is 0.487 e. The van der Waals surface area contributed by atoms with Gasteiger partial charge in [0.05, 0.1) is 12.8 Å². The van der Waals surface area contributed by atoms with Gasteiger partial charge >= 0.3 is 0 Å². The average molecular weight is 358 g/mol. The molecule has 0 atom stereocenters. The van der Waals surface area contributed by atoms with Crippen molar-refractivity contribution in [2.75, 3.05) is 7.11 Å². The first-order valence-corrected chi connectivity index (χ1v) is 7.93. The standard InChI is InChI=1S/C18H16ClN3O3/c1-11-8-16(25-10-12-5-6-17(23)22-21-12)14(9-15(11)19)13-4-3-7-20-18(13)24-2/h3-9H,10H2,1-2H3,(H,22,23). The smallest absolute Gasteiger partial charge is 0.264 e. The summed E-state index contributed by atoms with van der Waals surface area (Å²) in [6.45, 7) is 2.10. The summed E-state index contributed by atoms with van der Waals surface area (Å²) in [5, 5.41) is 6.95. The molecule has 2 aromatic heterocycles. The second kappa shape index (κ2) is 7.36. The normalized spacial score (nSPS) is 10.5. The van der Waals surface area contributed by atoms with Crippen molar-refractivity contribution in [2.24, 2.45) is 0 Å². The number of benzene rings is 1. The molecule has 2 heterocycles. The Morgan fingerprint density at radius 1 is 1.20 bits per heavy atom. The number of hydrogen-bond acceptors (Lipinski definition) is 5. The van der Waals surface area contributed by atoms with Gasteiger partial charge in [-0.1, -0.05) is 11.6 Å². The maximum atomic E-state index is 11.1. The monoisotopic (exact) mass is 357 g/mol. The highest BCUT2D eigenvalue weighted by molar-refractivity contribution is 6.31. The first kappa shape index (κ1) is 17.0. The molecule has 0 saturated heterocycles. The molecule has 0 unspecified atom stereocenters. The van der Waals surface area contributed by atoms with Gasteiger partial charge in [0.25, 0.3) is 5.56 Å². The zero-order valence-corrected chi connectivity index (χ0v) is 14.5. The van der Waals surface area contributed by atoms with Crippen LogP contribution in [0.3, 0.4) is 0 Å². The molecule has 0 aliphatic rings. The lowest BCUT2D eigenvalue weighted by Gasteiger charge is -2.15. The van der Waals surface area contributed by atoms with Crippen LogP contribution in [0.4, 0.5) is 0 Å². The van der Waals surface area contributed by atoms with Gasteiger partial charge in [0.15, 0.2) is 0 Å². The first-order chi connectivity index (χ1) is 12.1. The molecule has 0 amide bonds. The molecule has 128 valence electrons. The van der Waals surface area contributed by atoms with E-state index < -0.39 is 0 Å². The second-order valence-electron chi connectivity index (χ2n) is 5.36. The third-order valence-corrected chi connectivity index (χ3v) is 4.04. The lowest BCUT2D eigenvalue weighted by molar-refractivity contribution is 0.300. The number of halogens is 1. The molecule has 0 aliphatic heterocycles. The van der Waals surface area contributed by atoms with Gasteiger partial charge in [0, 0.05) is 28.4 Å². The lowest BCUT2D eigenvalue weighted by atomic mass is 10.0. The molecule has 6 nitrogen and oxygen atoms in total. The van der Waals surface area contributed by atoms with Crippen molar-refractivity contribution in [3.05, 3.63) is 69.2 Å². The van der Waals surface area contributed by atoms with Gasteiger partial charge in [-0.05, 0) is 42.8 Å². The van der Waals surface area contributed by atoms with Gasteiger partial charge in [0.2, 0.25) is 5.88 Å². The summed E-state index contributed by atoms with van der Waals surface area (Å²) >= 11 is 6.30. The van der Waals surface area contributed by atoms with Crippen molar-refractivity contribution in [2.45, 2.75) is 13.5 Å². The second-order valence-corrected chi connectivity index (χ2v) is 5.77. The highest BCUT2D eigenvalue weighted by Crippen LogP contribution is 2.38. The van der Waals surface area contributed by atoms with Crippen LogP contribution >= 0.6 is 11.6 Å². The van der Waals surface area contributed by atoms with Gasteiger partial charge in [-0.15, -0.1) is 0 Å². The fourth-order valence-corrected chi connectivity index (χ4v) is 2.51. The minimum absolute atomic E-state index is 0.202. The summed E-state index contributed by atoms with van der Waals surface area (Å²) in [5.74, 6) is 1.11. The lowest BCUT2D eigenvalue weighted by Crippen LogP contribution is -2.09. The highest BCUT2D eigenvalue weighted by atomic mass is 35.5. The van der Waals surface area contributed by atoms with Crippen molar-refractivity contribution in [1.82, 2.24) is 15.2 Å². The quantitative estimate of drug-likeness (QED) is 0.757. The summed E-state index contributed by atoms with van der Waals surface area (Å²) < 4.78 is 11.3. The van der Waals surface area contributed by atoms with Gasteiger partial charge in [0.1, 0.15) is 12.4 Å². The molecule has 0 spiro atoms. The number of aromatic nitrogens is 3. The Bertz CT molecular complexity index is 936. The van der Waals surface area contributed by atoms with Crippen molar-refractivity contribution < 1.29 is 9.47 Å². The number of aromatic amines is 1. The molecule has 0 aliphatic carbocycles. The van der Waals surface area contributed by atoms with E-state index in [1.165, 1.54) is 6.07 Å². The van der Waals surface area contributed by atoms with Crippen LogP contribution in [0.25, 0.3) is 11.1 Å². The topological polar surface area (TPSA) is 77.1 Å². The Hall–Kier alpha value is -2.86. The molecule has 0 bridgehead atoms. The van der Waals surface area contributed by atoms with Crippen LogP contribution in [0.15, 0.2) is 47.4 Å². The fraction of sp³-hybridized carbons (Fsp3) is 0.167. The third kappa shape index (κ3) is 3.80. The van der Waals surface area contributed by atoms with Gasteiger partial charge < -0.3 is 9.47 Å². The molecule has 0 saturated carbocycles. The van der Waals surface area contributed by atoms with Gasteiger partial charge in [-0.3, -0.25) is 4.79 Å². The number of H-pyrrole nitrogens is 1. The molecule has 1 N–H and O–H groups in total. The number of rotatable bonds is 5. The Balaban J connectivity index is 1.99. The number of methoxy groups -OCH3 is 1. The van der Waals surface area contributed by atoms with Crippen LogP contribution in [0.5, 0.6) is 11.6 Å². The zero-order valence-electron chi connectivity index (χ0n) is 13.7. The highest BCUT2D eigenvalue weighted by Gasteiger charge is 2.15. The Morgan fingerprint density at radius 2 is 2.04 bits per heavy atom. The Kier molecular flexibility index (Phi) is 5.00. The van der Waals surface area contributed by atoms with E-state index in [0.717, 1.165) is 16.7 Å². The van der Waals surface area contributed by atoms with Crippen molar-refractivity contribution in [3.63, 3.8) is 0 Å². The van der Waals surface area contributed by atoms with Crippen LogP contribution in [0, 0.1) is 6.92 Å². The van der Waals surface area contributed by atoms with E-state index in [9.17, 15) is 4.79 Å². The fourth-order valence-electron chi connectivity index (χ4n) is 2.35. The molecule has 1 aromatic carbocycles. The first-order valence-electron chi connectivity index (χ1n) is 7.55. The SMILES string of the molecule is COc1ncccc1-c1cc(Cl)c(C)cc1OCc1ccc(=O)[nH]n1. The molecule has 3 aromatic rings. The van der Waals surface area contributed by atoms with E-state index in [0.29, 0.717) is 22.3 Å². The minimum Gasteiger partial charge on any atom is -0.487 e.